The van der Waals surface area contributed by atoms with Gasteiger partial charge in [-0.2, -0.15) is 10.1 Å². The van der Waals surface area contributed by atoms with Crippen LogP contribution in [0.3, 0.4) is 0 Å². The van der Waals surface area contributed by atoms with Gasteiger partial charge in [-0.05, 0) is 70.2 Å². The summed E-state index contributed by atoms with van der Waals surface area (Å²) in [7, 11) is 0. The van der Waals surface area contributed by atoms with E-state index in [0.29, 0.717) is 0 Å². The van der Waals surface area contributed by atoms with E-state index in [-0.39, 0.29) is 23.7 Å². The van der Waals surface area contributed by atoms with E-state index in [0.717, 1.165) is 54.4 Å². The Hall–Kier alpha value is -3.77. The molecule has 0 spiro atoms. The van der Waals surface area contributed by atoms with Gasteiger partial charge in [0.1, 0.15) is 0 Å². The van der Waals surface area contributed by atoms with Crippen molar-refractivity contribution in [3.63, 3.8) is 0 Å². The minimum atomic E-state index is -0.424. The van der Waals surface area contributed by atoms with Crippen LogP contribution < -0.4 is 0 Å². The number of rotatable bonds is 3. The maximum Gasteiger partial charge on any atom is 0.254 e. The molecule has 1 aromatic heterocycles. The van der Waals surface area contributed by atoms with E-state index in [1.54, 1.807) is 6.21 Å². The van der Waals surface area contributed by atoms with Gasteiger partial charge in [-0.25, -0.2) is 0 Å². The summed E-state index contributed by atoms with van der Waals surface area (Å²) in [5.74, 6) is -1.51. The zero-order chi connectivity index (χ0) is 25.4. The third kappa shape index (κ3) is 3.05. The molecule has 3 aliphatic carbocycles. The Morgan fingerprint density at radius 1 is 0.757 bits per heavy atom. The van der Waals surface area contributed by atoms with Crippen molar-refractivity contribution in [1.82, 2.24) is 9.58 Å². The SMILES string of the molecule is Cc1cc(/C=N\N2C(=O)[C@H]3C4c5ccccc5C(c5ccccc54)[C@@H]3C2=O)c(C)n1-c1ccccc1Br. The number of aromatic nitrogens is 1. The maximum absolute atomic E-state index is 13.8. The molecule has 4 aromatic rings. The van der Waals surface area contributed by atoms with Crippen molar-refractivity contribution in [1.29, 1.82) is 0 Å². The lowest BCUT2D eigenvalue weighted by atomic mass is 9.55. The van der Waals surface area contributed by atoms with E-state index < -0.39 is 11.8 Å². The van der Waals surface area contributed by atoms with Gasteiger partial charge in [-0.3, -0.25) is 9.59 Å². The number of halogens is 1. The smallest absolute Gasteiger partial charge is 0.254 e. The topological polar surface area (TPSA) is 54.7 Å². The van der Waals surface area contributed by atoms with E-state index in [1.807, 2.05) is 68.4 Å². The average molecular weight is 550 g/mol. The molecule has 0 saturated carbocycles. The molecule has 2 heterocycles. The van der Waals surface area contributed by atoms with Crippen LogP contribution >= 0.6 is 15.9 Å². The van der Waals surface area contributed by atoms with Gasteiger partial charge in [-0.1, -0.05) is 60.7 Å². The van der Waals surface area contributed by atoms with E-state index in [1.165, 1.54) is 0 Å². The molecule has 1 fully saturated rings. The maximum atomic E-state index is 13.8. The molecule has 0 unspecified atom stereocenters. The largest absolute Gasteiger partial charge is 0.317 e. The van der Waals surface area contributed by atoms with Crippen molar-refractivity contribution < 1.29 is 9.59 Å². The van der Waals surface area contributed by atoms with Crippen LogP contribution in [0.1, 0.15) is 51.0 Å². The summed E-state index contributed by atoms with van der Waals surface area (Å²) < 4.78 is 3.13. The summed E-state index contributed by atoms with van der Waals surface area (Å²) in [6.07, 6.45) is 1.66. The van der Waals surface area contributed by atoms with Crippen LogP contribution in [0, 0.1) is 25.7 Å². The van der Waals surface area contributed by atoms with Gasteiger partial charge < -0.3 is 4.57 Å². The van der Waals surface area contributed by atoms with Crippen molar-refractivity contribution in [2.75, 3.05) is 0 Å². The third-order valence-corrected chi connectivity index (χ3v) is 8.97. The highest BCUT2D eigenvalue weighted by atomic mass is 79.9. The first kappa shape index (κ1) is 22.4. The fourth-order valence-electron chi connectivity index (χ4n) is 6.82. The van der Waals surface area contributed by atoms with Gasteiger partial charge in [0.15, 0.2) is 0 Å². The molecule has 1 aliphatic heterocycles. The number of carbonyl (C=O) groups is 2. The van der Waals surface area contributed by atoms with Crippen molar-refractivity contribution in [3.8, 4) is 5.69 Å². The molecule has 5 nitrogen and oxygen atoms in total. The van der Waals surface area contributed by atoms with E-state index in [4.69, 9.17) is 0 Å². The molecule has 3 aromatic carbocycles. The number of benzene rings is 3. The predicted molar refractivity (Wildman–Crippen MR) is 146 cm³/mol. The summed E-state index contributed by atoms with van der Waals surface area (Å²) in [6.45, 7) is 4.06. The van der Waals surface area contributed by atoms with Gasteiger partial charge in [0, 0.05) is 33.3 Å². The molecule has 0 radical (unpaired) electrons. The third-order valence-electron chi connectivity index (χ3n) is 8.30. The zero-order valence-electron chi connectivity index (χ0n) is 20.4. The highest BCUT2D eigenvalue weighted by Gasteiger charge is 2.61. The lowest BCUT2D eigenvalue weighted by molar-refractivity contribution is -0.139. The second-order valence-electron chi connectivity index (χ2n) is 10.1. The Morgan fingerprint density at radius 2 is 1.24 bits per heavy atom. The average Bonchev–Trinajstić information content (AvgIpc) is 3.34. The monoisotopic (exact) mass is 549 g/mol. The fourth-order valence-corrected chi connectivity index (χ4v) is 7.28. The van der Waals surface area contributed by atoms with Gasteiger partial charge in [0.05, 0.1) is 23.7 Å². The molecule has 4 aliphatic rings. The van der Waals surface area contributed by atoms with E-state index >= 15 is 0 Å². The Bertz CT molecular complexity index is 1540. The van der Waals surface area contributed by atoms with Gasteiger partial charge >= 0.3 is 0 Å². The standard InChI is InChI=1S/C31H24BrN3O2/c1-17-15-19(18(2)34(17)25-14-8-7-13-24(25)32)16-33-35-30(36)28-26-20-9-3-4-10-21(20)27(29(28)31(35)37)23-12-6-5-11-22(23)26/h3-16,26-29H,1-2H3/b33-16-/t26?,27?,28-,29-/m0/s1. The van der Waals surface area contributed by atoms with Crippen LogP contribution in [-0.2, 0) is 9.59 Å². The van der Waals surface area contributed by atoms with Crippen LogP contribution in [0.2, 0.25) is 0 Å². The first-order valence-corrected chi connectivity index (χ1v) is 13.3. The summed E-state index contributed by atoms with van der Waals surface area (Å²) in [6, 6.07) is 26.6. The summed E-state index contributed by atoms with van der Waals surface area (Å²) in [5.41, 5.74) is 8.59. The molecular weight excluding hydrogens is 526 g/mol. The molecule has 8 rings (SSSR count). The second kappa shape index (κ2) is 8.12. The quantitative estimate of drug-likeness (QED) is 0.229. The number of imide groups is 1. The van der Waals surface area contributed by atoms with Crippen molar-refractivity contribution in [2.24, 2.45) is 16.9 Å². The normalized spacial score (nSPS) is 23.5. The molecule has 2 atom stereocenters. The van der Waals surface area contributed by atoms with Crippen LogP contribution in [0.5, 0.6) is 0 Å². The number of hydrogen-bond donors (Lipinski definition) is 0. The number of para-hydroxylation sites is 1. The van der Waals surface area contributed by atoms with Crippen LogP contribution in [0.25, 0.3) is 5.69 Å². The lowest BCUT2D eigenvalue weighted by Gasteiger charge is -2.45. The van der Waals surface area contributed by atoms with E-state index in [9.17, 15) is 9.59 Å². The molecular formula is C31H24BrN3O2. The highest BCUT2D eigenvalue weighted by Crippen LogP contribution is 2.60. The van der Waals surface area contributed by atoms with Crippen LogP contribution in [0.4, 0.5) is 0 Å². The first-order valence-electron chi connectivity index (χ1n) is 12.5. The number of hydrazone groups is 1. The number of carbonyl (C=O) groups excluding carboxylic acids is 2. The molecule has 2 amide bonds. The first-order chi connectivity index (χ1) is 18.0. The number of nitrogens with zero attached hydrogens (tertiary/aromatic N) is 3. The Balaban J connectivity index is 1.28. The highest BCUT2D eigenvalue weighted by molar-refractivity contribution is 9.10. The Labute approximate surface area is 223 Å². The lowest BCUT2D eigenvalue weighted by Crippen LogP contribution is -2.41. The number of amides is 2. The molecule has 0 N–H and O–H groups in total. The fraction of sp³-hybridized carbons (Fsp3) is 0.194. The van der Waals surface area contributed by atoms with Gasteiger partial charge in [-0.15, -0.1) is 0 Å². The second-order valence-corrected chi connectivity index (χ2v) is 11.0. The van der Waals surface area contributed by atoms with Crippen LogP contribution in [-0.4, -0.2) is 27.6 Å². The van der Waals surface area contributed by atoms with Crippen molar-refractivity contribution in [3.05, 3.63) is 123 Å². The Kier molecular flexibility index (Phi) is 4.92. The van der Waals surface area contributed by atoms with Crippen molar-refractivity contribution >= 4 is 34.0 Å². The van der Waals surface area contributed by atoms with E-state index in [2.05, 4.69) is 49.9 Å². The van der Waals surface area contributed by atoms with Gasteiger partial charge in [0.2, 0.25) is 0 Å². The zero-order valence-corrected chi connectivity index (χ0v) is 22.0. The summed E-state index contributed by atoms with van der Waals surface area (Å²) in [4.78, 5) is 27.6. The number of hydrogen-bond acceptors (Lipinski definition) is 3. The Morgan fingerprint density at radius 3 is 1.76 bits per heavy atom. The molecule has 182 valence electrons. The molecule has 1 saturated heterocycles. The van der Waals surface area contributed by atoms with Gasteiger partial charge in [0.25, 0.3) is 11.8 Å². The van der Waals surface area contributed by atoms with Crippen molar-refractivity contribution in [2.45, 2.75) is 25.7 Å². The summed E-state index contributed by atoms with van der Waals surface area (Å²) in [5, 5.41) is 5.65. The molecule has 6 heteroatoms. The number of aryl methyl sites for hydroxylation is 1. The predicted octanol–water partition coefficient (Wildman–Crippen LogP) is 6.08. The molecule has 37 heavy (non-hydrogen) atoms. The minimum absolute atomic E-state index is 0.125. The summed E-state index contributed by atoms with van der Waals surface area (Å²) >= 11 is 3.64. The molecule has 2 bridgehead atoms. The van der Waals surface area contributed by atoms with Crippen LogP contribution in [0.15, 0.2) is 88.4 Å². The minimum Gasteiger partial charge on any atom is -0.317 e.